The van der Waals surface area contributed by atoms with Crippen LogP contribution in [0.1, 0.15) is 18.1 Å². The van der Waals surface area contributed by atoms with Gasteiger partial charge >= 0.3 is 6.03 Å². The summed E-state index contributed by atoms with van der Waals surface area (Å²) in [4.78, 5) is 20.7. The summed E-state index contributed by atoms with van der Waals surface area (Å²) in [7, 11) is 0. The Morgan fingerprint density at radius 2 is 2.00 bits per heavy atom. The number of amidine groups is 2. The van der Waals surface area contributed by atoms with E-state index in [1.165, 1.54) is 24.4 Å². The van der Waals surface area contributed by atoms with E-state index in [2.05, 4.69) is 25.9 Å². The lowest BCUT2D eigenvalue weighted by Gasteiger charge is -2.14. The van der Waals surface area contributed by atoms with Gasteiger partial charge in [0.15, 0.2) is 0 Å². The van der Waals surface area contributed by atoms with Crippen LogP contribution >= 0.6 is 0 Å². The van der Waals surface area contributed by atoms with Gasteiger partial charge in [0, 0.05) is 53.2 Å². The second-order valence-corrected chi connectivity index (χ2v) is 7.70. The van der Waals surface area contributed by atoms with E-state index in [4.69, 9.17) is 22.6 Å². The zero-order valence-corrected chi connectivity index (χ0v) is 19.4. The molecule has 1 aliphatic heterocycles. The summed E-state index contributed by atoms with van der Waals surface area (Å²) < 4.78 is 0. The van der Waals surface area contributed by atoms with Crippen LogP contribution in [0.25, 0.3) is 5.70 Å². The van der Waals surface area contributed by atoms with Crippen molar-refractivity contribution >= 4 is 34.9 Å². The number of benzene rings is 1. The molecule has 2 amide bonds. The minimum Gasteiger partial charge on any atom is -0.398 e. The molecule has 0 unspecified atom stereocenters. The van der Waals surface area contributed by atoms with Crippen molar-refractivity contribution in [2.45, 2.75) is 13.3 Å². The zero-order valence-electron chi connectivity index (χ0n) is 19.4. The molecule has 35 heavy (non-hydrogen) atoms. The molecule has 180 valence electrons. The molecule has 0 aliphatic carbocycles. The predicted octanol–water partition coefficient (Wildman–Crippen LogP) is 2.61. The number of anilines is 2. The first-order valence-corrected chi connectivity index (χ1v) is 10.9. The molecule has 1 aliphatic rings. The first-order chi connectivity index (χ1) is 16.8. The van der Waals surface area contributed by atoms with Crippen LogP contribution in [0.4, 0.5) is 16.3 Å². The van der Waals surface area contributed by atoms with Crippen molar-refractivity contribution in [3.8, 4) is 0 Å². The van der Waals surface area contributed by atoms with Crippen LogP contribution in [0.3, 0.4) is 0 Å². The van der Waals surface area contributed by atoms with E-state index in [0.717, 1.165) is 23.3 Å². The summed E-state index contributed by atoms with van der Waals surface area (Å²) in [6.45, 7) is 2.44. The Bertz CT molecular complexity index is 1240. The van der Waals surface area contributed by atoms with Gasteiger partial charge in [-0.05, 0) is 43.2 Å². The maximum absolute atomic E-state index is 12.2. The molecule has 0 spiro atoms. The number of allylic oxidation sites excluding steroid dienone is 4. The van der Waals surface area contributed by atoms with Gasteiger partial charge in [0.1, 0.15) is 17.5 Å². The number of dihydropyridines is 1. The number of hydrogen-bond donors (Lipinski definition) is 7. The average molecular weight is 472 g/mol. The van der Waals surface area contributed by atoms with E-state index >= 15 is 0 Å². The molecule has 10 nitrogen and oxygen atoms in total. The van der Waals surface area contributed by atoms with Crippen LogP contribution in [0, 0.1) is 5.41 Å². The monoisotopic (exact) mass is 471 g/mol. The number of nitrogens with zero attached hydrogens (tertiary/aromatic N) is 2. The zero-order chi connectivity index (χ0) is 25.2. The Labute approximate surface area is 203 Å². The number of carbonyl (C=O) groups excluding carboxylic acids is 1. The van der Waals surface area contributed by atoms with Crippen molar-refractivity contribution in [3.05, 3.63) is 95.5 Å². The number of nitrogens with one attached hydrogen (secondary N) is 4. The average Bonchev–Trinajstić information content (AvgIpc) is 2.83. The first-order valence-electron chi connectivity index (χ1n) is 10.9. The van der Waals surface area contributed by atoms with Gasteiger partial charge in [-0.3, -0.25) is 21.0 Å². The van der Waals surface area contributed by atoms with Gasteiger partial charge in [0.2, 0.25) is 0 Å². The standard InChI is InChI=1S/C25H29N9O/c1-16-13-18(10-12-30-16)24(29)19-15-32-23(14-20(19)26)34-25(35)33-22(28)8-7-21(27)31-11-9-17-5-3-2-4-6-17/h2-8,10,12-15,30H,9,11,29H2,1H3,(H2,27,31)(H5,26,28,32,33,34,35). The fraction of sp³-hybridized carbons (Fsp3) is 0.120. The van der Waals surface area contributed by atoms with Crippen molar-refractivity contribution in [3.63, 3.8) is 0 Å². The second-order valence-electron chi connectivity index (χ2n) is 7.70. The van der Waals surface area contributed by atoms with Gasteiger partial charge in [-0.1, -0.05) is 30.3 Å². The molecule has 10 N–H and O–H groups in total. The second kappa shape index (κ2) is 11.8. The fourth-order valence-electron chi connectivity index (χ4n) is 3.17. The third-order valence-corrected chi connectivity index (χ3v) is 4.93. The highest BCUT2D eigenvalue weighted by molar-refractivity contribution is 6.08. The molecule has 0 saturated heterocycles. The number of nitrogen functional groups attached to an aromatic ring is 1. The number of amides is 2. The van der Waals surface area contributed by atoms with E-state index < -0.39 is 6.03 Å². The van der Waals surface area contributed by atoms with Gasteiger partial charge in [-0.2, -0.15) is 0 Å². The third kappa shape index (κ3) is 7.60. The third-order valence-electron chi connectivity index (χ3n) is 4.93. The highest BCUT2D eigenvalue weighted by Gasteiger charge is 2.11. The van der Waals surface area contributed by atoms with Gasteiger partial charge in [-0.15, -0.1) is 0 Å². The molecule has 0 saturated carbocycles. The molecule has 0 radical (unpaired) electrons. The molecule has 3 rings (SSSR count). The summed E-state index contributed by atoms with van der Waals surface area (Å²) in [6.07, 6.45) is 10.6. The largest absolute Gasteiger partial charge is 0.398 e. The molecule has 0 fully saturated rings. The minimum atomic E-state index is -0.648. The molecule has 1 aromatic carbocycles. The summed E-state index contributed by atoms with van der Waals surface area (Å²) in [5.41, 5.74) is 22.5. The van der Waals surface area contributed by atoms with Crippen LogP contribution in [0.5, 0.6) is 0 Å². The minimum absolute atomic E-state index is 0.165. The molecular formula is C25H29N9O. The number of aliphatic imine (C=N–C) groups is 1. The number of urea groups is 1. The lowest BCUT2D eigenvalue weighted by molar-refractivity contribution is 0.256. The maximum Gasteiger partial charge on any atom is 0.326 e. The summed E-state index contributed by atoms with van der Waals surface area (Å²) in [5, 5.41) is 15.9. The Kier molecular flexibility index (Phi) is 8.38. The van der Waals surface area contributed by atoms with Crippen LogP contribution in [0.2, 0.25) is 0 Å². The number of pyridine rings is 1. The molecule has 2 aromatic rings. The Balaban J connectivity index is 1.52. The lowest BCUT2D eigenvalue weighted by atomic mass is 10.0. The van der Waals surface area contributed by atoms with E-state index in [0.29, 0.717) is 23.5 Å². The van der Waals surface area contributed by atoms with Gasteiger partial charge < -0.3 is 22.5 Å². The van der Waals surface area contributed by atoms with Crippen molar-refractivity contribution in [2.24, 2.45) is 16.5 Å². The van der Waals surface area contributed by atoms with E-state index in [9.17, 15) is 4.79 Å². The maximum atomic E-state index is 12.2. The van der Waals surface area contributed by atoms with E-state index in [1.807, 2.05) is 49.4 Å². The quantitative estimate of drug-likeness (QED) is 0.241. The van der Waals surface area contributed by atoms with Crippen molar-refractivity contribution in [2.75, 3.05) is 17.6 Å². The van der Waals surface area contributed by atoms with Crippen molar-refractivity contribution in [1.82, 2.24) is 15.6 Å². The highest BCUT2D eigenvalue weighted by atomic mass is 16.2. The topological polar surface area (TPSA) is 180 Å². The summed E-state index contributed by atoms with van der Waals surface area (Å²) in [5.74, 6) is 0.313. The molecule has 10 heteroatoms. The lowest BCUT2D eigenvalue weighted by Crippen LogP contribution is -2.33. The van der Waals surface area contributed by atoms with Crippen LogP contribution in [0.15, 0.2) is 89.4 Å². The fourth-order valence-corrected chi connectivity index (χ4v) is 3.17. The smallest absolute Gasteiger partial charge is 0.326 e. The molecular weight excluding hydrogens is 442 g/mol. The molecule has 2 heterocycles. The Morgan fingerprint density at radius 1 is 1.23 bits per heavy atom. The van der Waals surface area contributed by atoms with E-state index in [-0.39, 0.29) is 17.5 Å². The summed E-state index contributed by atoms with van der Waals surface area (Å²) in [6, 6.07) is 10.8. The highest BCUT2D eigenvalue weighted by Crippen LogP contribution is 2.24. The normalized spacial score (nSPS) is 14.8. The van der Waals surface area contributed by atoms with Crippen molar-refractivity contribution in [1.29, 1.82) is 5.41 Å². The molecule has 0 atom stereocenters. The Morgan fingerprint density at radius 3 is 2.71 bits per heavy atom. The number of carbonyl (C=O) groups is 1. The summed E-state index contributed by atoms with van der Waals surface area (Å²) >= 11 is 0. The van der Waals surface area contributed by atoms with Gasteiger partial charge in [0.05, 0.1) is 0 Å². The number of rotatable bonds is 7. The van der Waals surface area contributed by atoms with Crippen LogP contribution in [-0.2, 0) is 6.42 Å². The Hall–Kier alpha value is -4.86. The first kappa shape index (κ1) is 24.8. The number of aromatic nitrogens is 1. The molecule has 0 bridgehead atoms. The van der Waals surface area contributed by atoms with Crippen LogP contribution < -0.4 is 33.2 Å². The predicted molar refractivity (Wildman–Crippen MR) is 141 cm³/mol. The number of nitrogens with two attached hydrogens (primary N) is 3. The van der Waals surface area contributed by atoms with Gasteiger partial charge in [-0.25, -0.2) is 9.78 Å². The molecule has 1 aromatic heterocycles. The van der Waals surface area contributed by atoms with E-state index in [1.54, 1.807) is 6.20 Å². The number of hydrogen-bond acceptors (Lipinski definition) is 7. The SMILES string of the molecule is CC1=CC(=C(N)c2cnc(NC(=O)NC(=N)C=CC(N)=NCCc3ccccc3)cc2N)C=CN1. The van der Waals surface area contributed by atoms with Crippen LogP contribution in [-0.4, -0.2) is 29.2 Å². The van der Waals surface area contributed by atoms with Gasteiger partial charge in [0.25, 0.3) is 0 Å². The van der Waals surface area contributed by atoms with Crippen molar-refractivity contribution < 1.29 is 4.79 Å².